The highest BCUT2D eigenvalue weighted by atomic mass is 35.5. The summed E-state index contributed by atoms with van der Waals surface area (Å²) >= 11 is 7.96. The Morgan fingerprint density at radius 2 is 1.96 bits per heavy atom. The van der Waals surface area contributed by atoms with Gasteiger partial charge in [0.1, 0.15) is 5.82 Å². The molecule has 10 heteroatoms. The van der Waals surface area contributed by atoms with Crippen LogP contribution in [0, 0.1) is 6.92 Å². The van der Waals surface area contributed by atoms with Crippen molar-refractivity contribution >= 4 is 35.3 Å². The number of ether oxygens (including phenoxy) is 2. The van der Waals surface area contributed by atoms with E-state index in [2.05, 4.69) is 20.5 Å². The lowest BCUT2D eigenvalue weighted by Crippen LogP contribution is -2.43. The monoisotopic (exact) mass is 422 g/mol. The molecule has 0 bridgehead atoms. The van der Waals surface area contributed by atoms with Crippen molar-refractivity contribution in [1.82, 2.24) is 20.5 Å². The van der Waals surface area contributed by atoms with Gasteiger partial charge in [-0.1, -0.05) is 23.4 Å². The lowest BCUT2D eigenvalue weighted by atomic mass is 9.94. The number of aromatic amines is 1. The van der Waals surface area contributed by atoms with Crippen LogP contribution in [0.2, 0.25) is 5.02 Å². The van der Waals surface area contributed by atoms with Crippen molar-refractivity contribution in [3.05, 3.63) is 39.7 Å². The van der Waals surface area contributed by atoms with Gasteiger partial charge in [0.15, 0.2) is 0 Å². The molecule has 0 radical (unpaired) electrons. The number of rotatable bonds is 3. The minimum Gasteiger partial charge on any atom is -0.416 e. The molecule has 1 aromatic heterocycles. The summed E-state index contributed by atoms with van der Waals surface area (Å²) in [7, 11) is 0. The molecule has 3 heterocycles. The molecule has 0 unspecified atom stereocenters. The Bertz CT molecular complexity index is 914. The van der Waals surface area contributed by atoms with E-state index >= 15 is 0 Å². The maximum absolute atomic E-state index is 12.2. The smallest absolute Gasteiger partial charge is 0.309 e. The number of aromatic nitrogens is 3. The average Bonchev–Trinajstić information content (AvgIpc) is 2.91. The van der Waals surface area contributed by atoms with Gasteiger partial charge in [-0.05, 0) is 43.1 Å². The molecule has 2 aromatic rings. The van der Waals surface area contributed by atoms with E-state index in [0.29, 0.717) is 34.5 Å². The number of carbonyl (C=O) groups is 2. The number of nitrogens with one attached hydrogen (secondary N) is 2. The molecule has 0 atom stereocenters. The number of aryl methyl sites for hydroxylation is 1. The highest BCUT2D eigenvalue weighted by Gasteiger charge is 2.45. The molecule has 2 aliphatic rings. The summed E-state index contributed by atoms with van der Waals surface area (Å²) in [6, 6.07) is 3.53. The summed E-state index contributed by atoms with van der Waals surface area (Å²) in [5.41, 5.74) is 2.47. The zero-order valence-corrected chi connectivity index (χ0v) is 16.8. The van der Waals surface area contributed by atoms with Crippen molar-refractivity contribution in [2.75, 3.05) is 13.1 Å². The van der Waals surface area contributed by atoms with Crippen LogP contribution in [-0.2, 0) is 37.0 Å². The highest BCUT2D eigenvalue weighted by Crippen LogP contribution is 2.39. The van der Waals surface area contributed by atoms with E-state index < -0.39 is 17.7 Å². The summed E-state index contributed by atoms with van der Waals surface area (Å²) in [4.78, 5) is 28.6. The van der Waals surface area contributed by atoms with Gasteiger partial charge >= 0.3 is 11.9 Å². The van der Waals surface area contributed by atoms with Gasteiger partial charge < -0.3 is 14.8 Å². The molecule has 0 amide bonds. The summed E-state index contributed by atoms with van der Waals surface area (Å²) in [5, 5.41) is 11.4. The van der Waals surface area contributed by atoms with Gasteiger partial charge in [-0.25, -0.2) is 4.98 Å². The van der Waals surface area contributed by atoms with Crippen molar-refractivity contribution < 1.29 is 19.1 Å². The molecule has 8 nitrogen and oxygen atoms in total. The summed E-state index contributed by atoms with van der Waals surface area (Å²) in [6.45, 7) is 2.68. The number of H-pyrrole nitrogens is 1. The molecule has 2 N–H and O–H groups in total. The van der Waals surface area contributed by atoms with Crippen LogP contribution >= 0.6 is 23.4 Å². The molecule has 1 saturated heterocycles. The topological polar surface area (TPSA) is 106 Å². The lowest BCUT2D eigenvalue weighted by Gasteiger charge is -2.32. The molecular weight excluding hydrogens is 404 g/mol. The second kappa shape index (κ2) is 7.73. The van der Waals surface area contributed by atoms with Crippen molar-refractivity contribution in [3.8, 4) is 0 Å². The first-order chi connectivity index (χ1) is 13.5. The maximum atomic E-state index is 12.2. The van der Waals surface area contributed by atoms with Gasteiger partial charge in [0.25, 0.3) is 5.79 Å². The Kier molecular flexibility index (Phi) is 5.31. The predicted octanol–water partition coefficient (Wildman–Crippen LogP) is 2.24. The molecular formula is C18H19ClN4O4S. The molecule has 148 valence electrons. The van der Waals surface area contributed by atoms with E-state index in [-0.39, 0.29) is 19.4 Å². The molecule has 0 saturated carbocycles. The molecule has 2 aliphatic heterocycles. The van der Waals surface area contributed by atoms with Crippen molar-refractivity contribution in [3.63, 3.8) is 0 Å². The first kappa shape index (κ1) is 19.2. The SMILES string of the molecule is Cc1nc(SCc2c(Cl)ccc3c2CCNCC32OC(=O)CCC(=O)O2)n[nH]1. The van der Waals surface area contributed by atoms with Gasteiger partial charge in [0.2, 0.25) is 5.16 Å². The molecule has 1 aromatic carbocycles. The Morgan fingerprint density at radius 3 is 2.64 bits per heavy atom. The summed E-state index contributed by atoms with van der Waals surface area (Å²) in [6.07, 6.45) is 0.683. The number of thioether (sulfide) groups is 1. The number of fused-ring (bicyclic) bond motifs is 2. The van der Waals surface area contributed by atoms with Gasteiger partial charge in [0.05, 0.1) is 19.4 Å². The van der Waals surface area contributed by atoms with Crippen LogP contribution in [-0.4, -0.2) is 40.2 Å². The minimum atomic E-state index is -1.47. The quantitative estimate of drug-likeness (QED) is 0.573. The maximum Gasteiger partial charge on any atom is 0.309 e. The van der Waals surface area contributed by atoms with Gasteiger partial charge in [-0.15, -0.1) is 5.10 Å². The van der Waals surface area contributed by atoms with Crippen LogP contribution in [0.25, 0.3) is 0 Å². The number of benzene rings is 1. The molecule has 28 heavy (non-hydrogen) atoms. The van der Waals surface area contributed by atoms with E-state index in [1.165, 1.54) is 11.8 Å². The number of hydrogen-bond donors (Lipinski definition) is 2. The number of esters is 2. The van der Waals surface area contributed by atoms with Gasteiger partial charge in [0, 0.05) is 16.3 Å². The van der Waals surface area contributed by atoms with E-state index in [4.69, 9.17) is 21.1 Å². The zero-order valence-electron chi connectivity index (χ0n) is 15.2. The Labute approximate surface area is 170 Å². The number of hydrogen-bond acceptors (Lipinski definition) is 8. The van der Waals surface area contributed by atoms with Crippen molar-refractivity contribution in [2.24, 2.45) is 0 Å². The van der Waals surface area contributed by atoms with E-state index in [1.807, 2.05) is 6.92 Å². The van der Waals surface area contributed by atoms with E-state index in [1.54, 1.807) is 12.1 Å². The average molecular weight is 423 g/mol. The van der Waals surface area contributed by atoms with Crippen LogP contribution in [0.15, 0.2) is 17.3 Å². The third-order valence-corrected chi connectivity index (χ3v) is 5.93. The third kappa shape index (κ3) is 3.74. The van der Waals surface area contributed by atoms with Crippen LogP contribution in [0.3, 0.4) is 0 Å². The molecule has 4 rings (SSSR count). The van der Waals surface area contributed by atoms with Crippen molar-refractivity contribution in [2.45, 2.75) is 42.9 Å². The van der Waals surface area contributed by atoms with Gasteiger partial charge in [-0.2, -0.15) is 0 Å². The van der Waals surface area contributed by atoms with Crippen LogP contribution in [0.4, 0.5) is 0 Å². The zero-order chi connectivity index (χ0) is 19.7. The fraction of sp³-hybridized carbons (Fsp3) is 0.444. The Morgan fingerprint density at radius 1 is 1.21 bits per heavy atom. The Balaban J connectivity index is 1.74. The lowest BCUT2D eigenvalue weighted by molar-refractivity contribution is -0.225. The number of halogens is 1. The summed E-state index contributed by atoms with van der Waals surface area (Å²) < 4.78 is 11.3. The fourth-order valence-corrected chi connectivity index (χ4v) is 4.66. The molecule has 1 spiro atoms. The Hall–Kier alpha value is -2.10. The van der Waals surface area contributed by atoms with E-state index in [9.17, 15) is 9.59 Å². The van der Waals surface area contributed by atoms with Crippen LogP contribution in [0.1, 0.15) is 35.4 Å². The van der Waals surface area contributed by atoms with Crippen LogP contribution < -0.4 is 5.32 Å². The first-order valence-electron chi connectivity index (χ1n) is 8.94. The fourth-order valence-electron chi connectivity index (χ4n) is 3.42. The normalized spacial score (nSPS) is 18.8. The standard InChI is InChI=1S/C18H19ClN4O4S/c1-10-21-17(23-22-10)28-8-12-11-6-7-20-9-18(13(11)2-3-14(12)19)26-15(24)4-5-16(25)27-18/h2-3,20H,4-9H2,1H3,(H,21,22,23). The second-order valence-electron chi connectivity index (χ2n) is 6.67. The minimum absolute atomic E-state index is 0.0103. The van der Waals surface area contributed by atoms with Gasteiger partial charge in [-0.3, -0.25) is 14.7 Å². The number of carbonyl (C=O) groups excluding carboxylic acids is 2. The first-order valence-corrected chi connectivity index (χ1v) is 10.3. The van der Waals surface area contributed by atoms with Crippen LogP contribution in [0.5, 0.6) is 0 Å². The summed E-state index contributed by atoms with van der Waals surface area (Å²) in [5.74, 6) is -1.11. The largest absolute Gasteiger partial charge is 0.416 e. The predicted molar refractivity (Wildman–Crippen MR) is 102 cm³/mol. The van der Waals surface area contributed by atoms with E-state index in [0.717, 1.165) is 17.0 Å². The number of nitrogens with zero attached hydrogens (tertiary/aromatic N) is 2. The van der Waals surface area contributed by atoms with Crippen molar-refractivity contribution in [1.29, 1.82) is 0 Å². The highest BCUT2D eigenvalue weighted by molar-refractivity contribution is 7.98. The third-order valence-electron chi connectivity index (χ3n) is 4.71. The molecule has 0 aliphatic carbocycles. The molecule has 1 fully saturated rings. The second-order valence-corrected chi connectivity index (χ2v) is 8.02.